The van der Waals surface area contributed by atoms with E-state index in [9.17, 15) is 9.59 Å². The lowest BCUT2D eigenvalue weighted by molar-refractivity contribution is -0.116. The first-order valence-electron chi connectivity index (χ1n) is 10.5. The van der Waals surface area contributed by atoms with Gasteiger partial charge in [0.1, 0.15) is 5.82 Å². The summed E-state index contributed by atoms with van der Waals surface area (Å²) >= 11 is 1.40. The van der Waals surface area contributed by atoms with Crippen molar-refractivity contribution < 1.29 is 9.59 Å². The van der Waals surface area contributed by atoms with Crippen LogP contribution in [0.15, 0.2) is 71.8 Å². The minimum absolute atomic E-state index is 0.0566. The second-order valence-electron chi connectivity index (χ2n) is 7.77. The van der Waals surface area contributed by atoms with Gasteiger partial charge in [-0.05, 0) is 36.2 Å². The maximum atomic E-state index is 12.9. The van der Waals surface area contributed by atoms with Crippen molar-refractivity contribution in [1.29, 1.82) is 0 Å². The van der Waals surface area contributed by atoms with Crippen molar-refractivity contribution >= 4 is 35.1 Å². The quantitative estimate of drug-likeness (QED) is 0.560. The fourth-order valence-corrected chi connectivity index (χ4v) is 4.76. The van der Waals surface area contributed by atoms with Crippen LogP contribution in [0, 0.1) is 0 Å². The summed E-state index contributed by atoms with van der Waals surface area (Å²) < 4.78 is 0. The third kappa shape index (κ3) is 4.78. The standard InChI is InChI=1S/C25H26N4O2S/c1-28(2)24-19(9-7-14-26-24)16-27-25(31)20-10-4-6-12-22(20)32-17-23(30)29-15-13-18-8-3-5-11-21(18)29/h3-12,14H,13,15-17H2,1-2H3,(H,27,31). The van der Waals surface area contributed by atoms with Crippen molar-refractivity contribution in [3.8, 4) is 0 Å². The number of carbonyl (C=O) groups is 2. The van der Waals surface area contributed by atoms with Gasteiger partial charge in [-0.15, -0.1) is 11.8 Å². The van der Waals surface area contributed by atoms with Crippen molar-refractivity contribution in [2.24, 2.45) is 0 Å². The fourth-order valence-electron chi connectivity index (χ4n) is 3.84. The molecule has 1 aliphatic heterocycles. The van der Waals surface area contributed by atoms with Crippen LogP contribution in [-0.2, 0) is 17.8 Å². The van der Waals surface area contributed by atoms with E-state index in [1.165, 1.54) is 17.3 Å². The second-order valence-corrected chi connectivity index (χ2v) is 8.79. The topological polar surface area (TPSA) is 65.5 Å². The molecule has 1 aliphatic rings. The highest BCUT2D eigenvalue weighted by Gasteiger charge is 2.24. The zero-order valence-electron chi connectivity index (χ0n) is 18.2. The van der Waals surface area contributed by atoms with Gasteiger partial charge < -0.3 is 15.1 Å². The summed E-state index contributed by atoms with van der Waals surface area (Å²) in [5.41, 5.74) is 3.72. The highest BCUT2D eigenvalue weighted by Crippen LogP contribution is 2.29. The normalized spacial score (nSPS) is 12.4. The third-order valence-electron chi connectivity index (χ3n) is 5.40. The lowest BCUT2D eigenvalue weighted by Crippen LogP contribution is -2.30. The highest BCUT2D eigenvalue weighted by atomic mass is 32.2. The van der Waals surface area contributed by atoms with E-state index in [0.29, 0.717) is 18.7 Å². The summed E-state index contributed by atoms with van der Waals surface area (Å²) in [4.78, 5) is 34.7. The van der Waals surface area contributed by atoms with Crippen molar-refractivity contribution in [2.45, 2.75) is 17.9 Å². The Balaban J connectivity index is 1.41. The number of nitrogens with one attached hydrogen (secondary N) is 1. The number of pyridine rings is 1. The first-order valence-corrected chi connectivity index (χ1v) is 11.5. The van der Waals surface area contributed by atoms with Gasteiger partial charge in [0.25, 0.3) is 5.91 Å². The van der Waals surface area contributed by atoms with Gasteiger partial charge in [0.05, 0.1) is 11.3 Å². The largest absolute Gasteiger partial charge is 0.362 e. The Morgan fingerprint density at radius 1 is 1.06 bits per heavy atom. The molecule has 6 nitrogen and oxygen atoms in total. The predicted molar refractivity (Wildman–Crippen MR) is 129 cm³/mol. The Kier molecular flexibility index (Phi) is 6.75. The average Bonchev–Trinajstić information content (AvgIpc) is 3.25. The van der Waals surface area contributed by atoms with E-state index in [1.54, 1.807) is 12.3 Å². The predicted octanol–water partition coefficient (Wildman–Crippen LogP) is 3.76. The Bertz CT molecular complexity index is 1130. The highest BCUT2D eigenvalue weighted by molar-refractivity contribution is 8.00. The molecular weight excluding hydrogens is 420 g/mol. The Morgan fingerprint density at radius 3 is 2.69 bits per heavy atom. The van der Waals surface area contributed by atoms with Gasteiger partial charge >= 0.3 is 0 Å². The minimum Gasteiger partial charge on any atom is -0.362 e. The van der Waals surface area contributed by atoms with E-state index in [0.717, 1.165) is 28.4 Å². The van der Waals surface area contributed by atoms with Crippen molar-refractivity contribution in [3.63, 3.8) is 0 Å². The molecule has 0 aliphatic carbocycles. The van der Waals surface area contributed by atoms with E-state index in [2.05, 4.69) is 16.4 Å². The number of amides is 2. The van der Waals surface area contributed by atoms with Gasteiger partial charge in [-0.2, -0.15) is 0 Å². The molecule has 3 aromatic rings. The molecule has 32 heavy (non-hydrogen) atoms. The number of fused-ring (bicyclic) bond motifs is 1. The first-order chi connectivity index (χ1) is 15.5. The molecule has 0 saturated carbocycles. The summed E-state index contributed by atoms with van der Waals surface area (Å²) in [5.74, 6) is 1.00. The smallest absolute Gasteiger partial charge is 0.252 e. The molecule has 0 unspecified atom stereocenters. The molecule has 2 heterocycles. The molecule has 0 radical (unpaired) electrons. The number of rotatable bonds is 7. The number of anilines is 2. The molecule has 1 N–H and O–H groups in total. The number of para-hydroxylation sites is 1. The Labute approximate surface area is 192 Å². The van der Waals surface area contributed by atoms with E-state index < -0.39 is 0 Å². The number of carbonyl (C=O) groups excluding carboxylic acids is 2. The van der Waals surface area contributed by atoms with E-state index in [4.69, 9.17) is 0 Å². The van der Waals surface area contributed by atoms with Gasteiger partial charge in [0.15, 0.2) is 0 Å². The molecule has 164 valence electrons. The number of hydrogen-bond donors (Lipinski definition) is 1. The van der Waals surface area contributed by atoms with Crippen molar-refractivity contribution in [1.82, 2.24) is 10.3 Å². The van der Waals surface area contributed by atoms with Crippen LogP contribution in [0.5, 0.6) is 0 Å². The van der Waals surface area contributed by atoms with Gasteiger partial charge in [-0.25, -0.2) is 4.98 Å². The first kappa shape index (κ1) is 21.9. The third-order valence-corrected chi connectivity index (χ3v) is 6.46. The Morgan fingerprint density at radius 2 is 1.84 bits per heavy atom. The van der Waals surface area contributed by atoms with Crippen LogP contribution < -0.4 is 15.1 Å². The lowest BCUT2D eigenvalue weighted by atomic mass is 10.2. The summed E-state index contributed by atoms with van der Waals surface area (Å²) in [7, 11) is 3.85. The molecule has 4 rings (SSSR count). The number of hydrogen-bond acceptors (Lipinski definition) is 5. The van der Waals surface area contributed by atoms with Crippen LogP contribution >= 0.6 is 11.8 Å². The summed E-state index contributed by atoms with van der Waals surface area (Å²) in [6.07, 6.45) is 2.62. The van der Waals surface area contributed by atoms with Gasteiger partial charge in [0.2, 0.25) is 5.91 Å². The average molecular weight is 447 g/mol. The van der Waals surface area contributed by atoms with E-state index in [1.807, 2.05) is 72.4 Å². The van der Waals surface area contributed by atoms with Gasteiger partial charge in [0, 0.05) is 49.5 Å². The van der Waals surface area contributed by atoms with Gasteiger partial charge in [-0.1, -0.05) is 36.4 Å². The number of nitrogens with zero attached hydrogens (tertiary/aromatic N) is 3. The van der Waals surface area contributed by atoms with Gasteiger partial charge in [-0.3, -0.25) is 9.59 Å². The SMILES string of the molecule is CN(C)c1ncccc1CNC(=O)c1ccccc1SCC(=O)N1CCc2ccccc21. The zero-order chi connectivity index (χ0) is 22.5. The molecular formula is C25H26N4O2S. The maximum Gasteiger partial charge on any atom is 0.252 e. The van der Waals surface area contributed by atoms with E-state index >= 15 is 0 Å². The number of aromatic nitrogens is 1. The summed E-state index contributed by atoms with van der Waals surface area (Å²) in [6.45, 7) is 1.09. The Hall–Kier alpha value is -3.32. The molecule has 0 saturated heterocycles. The van der Waals surface area contributed by atoms with Crippen LogP contribution in [0.25, 0.3) is 0 Å². The maximum absolute atomic E-state index is 12.9. The molecule has 2 aromatic carbocycles. The lowest BCUT2D eigenvalue weighted by Gasteiger charge is -2.18. The molecule has 1 aromatic heterocycles. The monoisotopic (exact) mass is 446 g/mol. The number of benzene rings is 2. The number of thioether (sulfide) groups is 1. The van der Waals surface area contributed by atoms with Crippen LogP contribution in [0.4, 0.5) is 11.5 Å². The van der Waals surface area contributed by atoms with Crippen LogP contribution in [0.3, 0.4) is 0 Å². The minimum atomic E-state index is -0.166. The van der Waals surface area contributed by atoms with Crippen LogP contribution in [-0.4, -0.2) is 43.2 Å². The zero-order valence-corrected chi connectivity index (χ0v) is 19.1. The summed E-state index contributed by atoms with van der Waals surface area (Å²) in [5, 5.41) is 2.99. The fraction of sp³-hybridized carbons (Fsp3) is 0.240. The molecule has 0 fully saturated rings. The second kappa shape index (κ2) is 9.87. The van der Waals surface area contributed by atoms with Crippen LogP contribution in [0.2, 0.25) is 0 Å². The van der Waals surface area contributed by atoms with Crippen molar-refractivity contribution in [2.75, 3.05) is 36.2 Å². The molecule has 0 spiro atoms. The van der Waals surface area contributed by atoms with Crippen molar-refractivity contribution in [3.05, 3.63) is 83.6 Å². The summed E-state index contributed by atoms with van der Waals surface area (Å²) in [6, 6.07) is 19.3. The molecule has 0 bridgehead atoms. The molecule has 7 heteroatoms. The molecule has 2 amide bonds. The van der Waals surface area contributed by atoms with Crippen LogP contribution in [0.1, 0.15) is 21.5 Å². The van der Waals surface area contributed by atoms with E-state index in [-0.39, 0.29) is 17.6 Å². The molecule has 0 atom stereocenters.